The first kappa shape index (κ1) is 15.6. The Balaban J connectivity index is 2.26. The maximum absolute atomic E-state index is 12.0. The predicted octanol–water partition coefficient (Wildman–Crippen LogP) is 2.91. The molecule has 4 nitrogen and oxygen atoms in total. The zero-order valence-electron chi connectivity index (χ0n) is 12.6. The van der Waals surface area contributed by atoms with Crippen LogP contribution in [0.5, 0.6) is 0 Å². The van der Waals surface area contributed by atoms with Crippen LogP contribution in [0.15, 0.2) is 54.3 Å². The van der Waals surface area contributed by atoms with Gasteiger partial charge in [-0.05, 0) is 32.1 Å². The van der Waals surface area contributed by atoms with E-state index in [1.54, 1.807) is 19.1 Å². The highest BCUT2D eigenvalue weighted by atomic mass is 16.6. The molecule has 0 bridgehead atoms. The molecule has 0 saturated carbocycles. The molecule has 0 saturated heterocycles. The van der Waals surface area contributed by atoms with Gasteiger partial charge in [0, 0.05) is 17.3 Å². The van der Waals surface area contributed by atoms with Crippen LogP contribution in [0.1, 0.15) is 19.4 Å². The summed E-state index contributed by atoms with van der Waals surface area (Å²) in [7, 11) is 0. The molecule has 22 heavy (non-hydrogen) atoms. The van der Waals surface area contributed by atoms with Gasteiger partial charge in [-0.25, -0.2) is 4.79 Å². The van der Waals surface area contributed by atoms with Crippen LogP contribution in [0.25, 0.3) is 0 Å². The number of rotatable bonds is 2. The van der Waals surface area contributed by atoms with Gasteiger partial charge in [0.1, 0.15) is 6.04 Å². The first-order chi connectivity index (χ1) is 10.6. The first-order valence-corrected chi connectivity index (χ1v) is 7.04. The molecule has 0 N–H and O–H groups in total. The molecule has 1 amide bonds. The fraction of sp³-hybridized carbons (Fsp3) is 0.222. The average molecular weight is 295 g/mol. The minimum atomic E-state index is -0.516. The van der Waals surface area contributed by atoms with E-state index in [9.17, 15) is 9.59 Å². The van der Waals surface area contributed by atoms with E-state index in [2.05, 4.69) is 11.8 Å². The third-order valence-corrected chi connectivity index (χ3v) is 3.06. The second kappa shape index (κ2) is 7.28. The van der Waals surface area contributed by atoms with Crippen LogP contribution in [-0.4, -0.2) is 29.4 Å². The van der Waals surface area contributed by atoms with Gasteiger partial charge in [-0.3, -0.25) is 9.69 Å². The van der Waals surface area contributed by atoms with E-state index >= 15 is 0 Å². The van der Waals surface area contributed by atoms with E-state index in [4.69, 9.17) is 4.74 Å². The summed E-state index contributed by atoms with van der Waals surface area (Å²) in [5, 5.41) is 0. The molecule has 0 spiro atoms. The molecule has 0 fully saturated rings. The second-order valence-electron chi connectivity index (χ2n) is 4.69. The Labute approximate surface area is 130 Å². The average Bonchev–Trinajstić information content (AvgIpc) is 2.54. The van der Waals surface area contributed by atoms with Crippen LogP contribution in [0.3, 0.4) is 0 Å². The van der Waals surface area contributed by atoms with Crippen LogP contribution in [-0.2, 0) is 9.53 Å². The summed E-state index contributed by atoms with van der Waals surface area (Å²) in [4.78, 5) is 24.9. The standard InChI is InChI=1S/C18H17NO3/c1-3-22-18(21)19-13-16(14(2)20)10-12-17(19)11-9-15-7-5-4-6-8-15/h4-8,10,12-13,17H,3H2,1-2H3. The van der Waals surface area contributed by atoms with Crippen molar-refractivity contribution in [2.24, 2.45) is 0 Å². The lowest BCUT2D eigenvalue weighted by Crippen LogP contribution is -2.37. The van der Waals surface area contributed by atoms with Gasteiger partial charge in [0.25, 0.3) is 0 Å². The topological polar surface area (TPSA) is 46.6 Å². The minimum absolute atomic E-state index is 0.111. The van der Waals surface area contributed by atoms with E-state index in [-0.39, 0.29) is 12.4 Å². The van der Waals surface area contributed by atoms with Crippen molar-refractivity contribution >= 4 is 11.9 Å². The summed E-state index contributed by atoms with van der Waals surface area (Å²) in [6.45, 7) is 3.45. The lowest BCUT2D eigenvalue weighted by atomic mass is 10.1. The molecule has 1 aliphatic rings. The van der Waals surface area contributed by atoms with Crippen molar-refractivity contribution in [2.75, 3.05) is 6.61 Å². The number of amides is 1. The lowest BCUT2D eigenvalue weighted by Gasteiger charge is -2.25. The molecule has 0 aliphatic carbocycles. The summed E-state index contributed by atoms with van der Waals surface area (Å²) in [6.07, 6.45) is 4.38. The number of benzene rings is 1. The highest BCUT2D eigenvalue weighted by Gasteiger charge is 2.24. The van der Waals surface area contributed by atoms with Gasteiger partial charge in [0.05, 0.1) is 6.61 Å². The van der Waals surface area contributed by atoms with Gasteiger partial charge in [0.15, 0.2) is 5.78 Å². The van der Waals surface area contributed by atoms with Crippen LogP contribution < -0.4 is 0 Å². The quantitative estimate of drug-likeness (QED) is 0.788. The molecule has 1 atom stereocenters. The van der Waals surface area contributed by atoms with Gasteiger partial charge < -0.3 is 4.74 Å². The maximum Gasteiger partial charge on any atom is 0.415 e. The number of Topliss-reactive ketones (excluding diaryl/α,β-unsaturated/α-hetero) is 1. The molecule has 1 aromatic carbocycles. The zero-order chi connectivity index (χ0) is 15.9. The number of ether oxygens (including phenoxy) is 1. The largest absolute Gasteiger partial charge is 0.449 e. The van der Waals surface area contributed by atoms with Crippen LogP contribution in [0, 0.1) is 11.8 Å². The third kappa shape index (κ3) is 3.86. The van der Waals surface area contributed by atoms with Crippen molar-refractivity contribution in [3.05, 3.63) is 59.8 Å². The summed E-state index contributed by atoms with van der Waals surface area (Å²) in [5.41, 5.74) is 1.31. The molecule has 1 aliphatic heterocycles. The molecule has 112 valence electrons. The maximum atomic E-state index is 12.0. The fourth-order valence-electron chi connectivity index (χ4n) is 1.93. The summed E-state index contributed by atoms with van der Waals surface area (Å²) in [5.74, 6) is 5.93. The van der Waals surface area contributed by atoms with Crippen molar-refractivity contribution in [3.8, 4) is 11.8 Å². The lowest BCUT2D eigenvalue weighted by molar-refractivity contribution is -0.113. The number of allylic oxidation sites excluding steroid dienone is 2. The molecule has 4 heteroatoms. The van der Waals surface area contributed by atoms with Crippen molar-refractivity contribution in [3.63, 3.8) is 0 Å². The van der Waals surface area contributed by atoms with E-state index in [1.807, 2.05) is 30.3 Å². The molecule has 2 rings (SSSR count). The van der Waals surface area contributed by atoms with Gasteiger partial charge in [0.2, 0.25) is 0 Å². The number of hydrogen-bond acceptors (Lipinski definition) is 3. The fourth-order valence-corrected chi connectivity index (χ4v) is 1.93. The number of ketones is 1. The molecule has 0 radical (unpaired) electrons. The van der Waals surface area contributed by atoms with Crippen LogP contribution in [0.4, 0.5) is 4.79 Å². The summed E-state index contributed by atoms with van der Waals surface area (Å²) in [6, 6.07) is 9.05. The molecular weight excluding hydrogens is 278 g/mol. The van der Waals surface area contributed by atoms with E-state index < -0.39 is 12.1 Å². The van der Waals surface area contributed by atoms with Gasteiger partial charge in [-0.1, -0.05) is 36.1 Å². The van der Waals surface area contributed by atoms with Crippen molar-refractivity contribution < 1.29 is 14.3 Å². The predicted molar refractivity (Wildman–Crippen MR) is 83.9 cm³/mol. The summed E-state index contributed by atoms with van der Waals surface area (Å²) >= 11 is 0. The van der Waals surface area contributed by atoms with Gasteiger partial charge >= 0.3 is 6.09 Å². The van der Waals surface area contributed by atoms with Crippen molar-refractivity contribution in [1.29, 1.82) is 0 Å². The highest BCUT2D eigenvalue weighted by Crippen LogP contribution is 2.16. The molecule has 1 aromatic rings. The molecule has 1 heterocycles. The second-order valence-corrected chi connectivity index (χ2v) is 4.69. The Morgan fingerprint density at radius 1 is 1.27 bits per heavy atom. The van der Waals surface area contributed by atoms with Gasteiger partial charge in [-0.2, -0.15) is 0 Å². The monoisotopic (exact) mass is 295 g/mol. The molecule has 0 aromatic heterocycles. The summed E-state index contributed by atoms with van der Waals surface area (Å²) < 4.78 is 5.02. The van der Waals surface area contributed by atoms with E-state index in [0.29, 0.717) is 5.57 Å². The van der Waals surface area contributed by atoms with Crippen molar-refractivity contribution in [1.82, 2.24) is 4.90 Å². The van der Waals surface area contributed by atoms with Gasteiger partial charge in [-0.15, -0.1) is 0 Å². The Kier molecular flexibility index (Phi) is 5.16. The Hall–Kier alpha value is -2.80. The van der Waals surface area contributed by atoms with E-state index in [0.717, 1.165) is 5.56 Å². The third-order valence-electron chi connectivity index (χ3n) is 3.06. The SMILES string of the molecule is CCOC(=O)N1C=C(C(C)=O)C=CC1C#Cc1ccccc1. The van der Waals surface area contributed by atoms with E-state index in [1.165, 1.54) is 18.0 Å². The smallest absolute Gasteiger partial charge is 0.415 e. The molecular formula is C18H17NO3. The van der Waals surface area contributed by atoms with Crippen LogP contribution in [0.2, 0.25) is 0 Å². The first-order valence-electron chi connectivity index (χ1n) is 7.04. The number of hydrogen-bond donors (Lipinski definition) is 0. The Morgan fingerprint density at radius 2 is 2.00 bits per heavy atom. The normalized spacial score (nSPS) is 16.4. The number of nitrogens with zero attached hydrogens (tertiary/aromatic N) is 1. The molecule has 1 unspecified atom stereocenters. The Morgan fingerprint density at radius 3 is 2.64 bits per heavy atom. The van der Waals surface area contributed by atoms with Crippen LogP contribution >= 0.6 is 0 Å². The highest BCUT2D eigenvalue weighted by molar-refractivity contribution is 5.96. The minimum Gasteiger partial charge on any atom is -0.449 e. The zero-order valence-corrected chi connectivity index (χ0v) is 12.6. The number of carbonyl (C=O) groups is 2. The number of carbonyl (C=O) groups excluding carboxylic acids is 2. The van der Waals surface area contributed by atoms with Crippen molar-refractivity contribution in [2.45, 2.75) is 19.9 Å². The Bertz CT molecular complexity index is 677.